The van der Waals surface area contributed by atoms with Crippen molar-refractivity contribution in [2.75, 3.05) is 6.61 Å². The van der Waals surface area contributed by atoms with Gasteiger partial charge in [0.1, 0.15) is 0 Å². The van der Waals surface area contributed by atoms with Gasteiger partial charge in [0.2, 0.25) is 0 Å². The van der Waals surface area contributed by atoms with E-state index in [0.717, 1.165) is 24.8 Å². The Morgan fingerprint density at radius 3 is 2.38 bits per heavy atom. The SMILES string of the molecule is C=C(C)C#CC(OC(=O)c1cccc(C(=O)OCCC)c1)C(C)CCC. The summed E-state index contributed by atoms with van der Waals surface area (Å²) in [6.45, 7) is 11.9. The highest BCUT2D eigenvalue weighted by atomic mass is 16.5. The highest BCUT2D eigenvalue weighted by molar-refractivity contribution is 5.95. The van der Waals surface area contributed by atoms with Crippen molar-refractivity contribution in [3.63, 3.8) is 0 Å². The quantitative estimate of drug-likeness (QED) is 0.496. The minimum absolute atomic E-state index is 0.105. The van der Waals surface area contributed by atoms with Crippen LogP contribution < -0.4 is 0 Å². The van der Waals surface area contributed by atoms with Crippen LogP contribution in [0.5, 0.6) is 0 Å². The molecule has 1 aromatic rings. The van der Waals surface area contributed by atoms with Crippen molar-refractivity contribution < 1.29 is 19.1 Å². The van der Waals surface area contributed by atoms with E-state index in [0.29, 0.717) is 17.7 Å². The third-order valence-electron chi connectivity index (χ3n) is 3.69. The topological polar surface area (TPSA) is 52.6 Å². The van der Waals surface area contributed by atoms with Crippen LogP contribution in [0.3, 0.4) is 0 Å². The zero-order valence-corrected chi connectivity index (χ0v) is 16.1. The first-order chi connectivity index (χ1) is 12.4. The summed E-state index contributed by atoms with van der Waals surface area (Å²) in [6, 6.07) is 6.37. The van der Waals surface area contributed by atoms with Gasteiger partial charge in [-0.25, -0.2) is 9.59 Å². The number of carbonyl (C=O) groups excluding carboxylic acids is 2. The van der Waals surface area contributed by atoms with Crippen LogP contribution in [0.2, 0.25) is 0 Å². The van der Waals surface area contributed by atoms with Gasteiger partial charge in [-0.1, -0.05) is 51.7 Å². The van der Waals surface area contributed by atoms with Gasteiger partial charge in [0, 0.05) is 5.92 Å². The summed E-state index contributed by atoms with van der Waals surface area (Å²) in [7, 11) is 0. The largest absolute Gasteiger partial charge is 0.462 e. The summed E-state index contributed by atoms with van der Waals surface area (Å²) in [6.07, 6.45) is 2.09. The van der Waals surface area contributed by atoms with Crippen molar-refractivity contribution in [1.82, 2.24) is 0 Å². The molecule has 1 aromatic carbocycles. The number of allylic oxidation sites excluding steroid dienone is 1. The molecule has 0 N–H and O–H groups in total. The van der Waals surface area contributed by atoms with Crippen molar-refractivity contribution in [2.45, 2.75) is 53.1 Å². The maximum Gasteiger partial charge on any atom is 0.339 e. The summed E-state index contributed by atoms with van der Waals surface area (Å²) in [5, 5.41) is 0. The van der Waals surface area contributed by atoms with Crippen molar-refractivity contribution in [3.05, 3.63) is 47.5 Å². The first-order valence-electron chi connectivity index (χ1n) is 9.04. The van der Waals surface area contributed by atoms with Crippen LogP contribution in [0, 0.1) is 17.8 Å². The van der Waals surface area contributed by atoms with Crippen LogP contribution in [-0.2, 0) is 9.47 Å². The average Bonchev–Trinajstić information content (AvgIpc) is 2.62. The second-order valence-corrected chi connectivity index (χ2v) is 6.36. The Morgan fingerprint density at radius 1 is 1.15 bits per heavy atom. The van der Waals surface area contributed by atoms with E-state index in [4.69, 9.17) is 9.47 Å². The summed E-state index contributed by atoms with van der Waals surface area (Å²) < 4.78 is 10.7. The fraction of sp³-hybridized carbons (Fsp3) is 0.455. The van der Waals surface area contributed by atoms with E-state index in [1.54, 1.807) is 18.2 Å². The molecular weight excluding hydrogens is 328 g/mol. The summed E-state index contributed by atoms with van der Waals surface area (Å²) >= 11 is 0. The van der Waals surface area contributed by atoms with Gasteiger partial charge in [-0.15, -0.1) is 0 Å². The molecule has 0 saturated heterocycles. The van der Waals surface area contributed by atoms with Crippen LogP contribution in [0.4, 0.5) is 0 Å². The molecule has 0 radical (unpaired) electrons. The molecule has 0 bridgehead atoms. The lowest BCUT2D eigenvalue weighted by atomic mass is 9.99. The number of rotatable bonds is 8. The van der Waals surface area contributed by atoms with Gasteiger partial charge in [-0.2, -0.15) is 0 Å². The number of hydrogen-bond donors (Lipinski definition) is 0. The Labute approximate surface area is 156 Å². The van der Waals surface area contributed by atoms with E-state index < -0.39 is 18.0 Å². The Hall–Kier alpha value is -2.54. The molecule has 2 atom stereocenters. The minimum atomic E-state index is -0.519. The Balaban J connectivity index is 2.94. The molecule has 1 rings (SSSR count). The normalized spacial score (nSPS) is 12.3. The van der Waals surface area contributed by atoms with E-state index in [9.17, 15) is 9.59 Å². The molecular formula is C22H28O4. The second kappa shape index (κ2) is 11.1. The van der Waals surface area contributed by atoms with Gasteiger partial charge < -0.3 is 9.47 Å². The molecule has 4 heteroatoms. The van der Waals surface area contributed by atoms with Crippen molar-refractivity contribution in [2.24, 2.45) is 5.92 Å². The lowest BCUT2D eigenvalue weighted by Crippen LogP contribution is -2.24. The predicted molar refractivity (Wildman–Crippen MR) is 103 cm³/mol. The number of ether oxygens (including phenoxy) is 2. The molecule has 140 valence electrons. The van der Waals surface area contributed by atoms with Crippen LogP contribution in [0.15, 0.2) is 36.4 Å². The van der Waals surface area contributed by atoms with E-state index in [1.807, 2.05) is 20.8 Å². The van der Waals surface area contributed by atoms with E-state index in [-0.39, 0.29) is 5.92 Å². The van der Waals surface area contributed by atoms with Crippen molar-refractivity contribution in [3.8, 4) is 11.8 Å². The average molecular weight is 356 g/mol. The number of benzene rings is 1. The van der Waals surface area contributed by atoms with Crippen LogP contribution >= 0.6 is 0 Å². The standard InChI is InChI=1S/C22H28O4/c1-6-9-17(5)20(13-12-16(3)4)26-22(24)19-11-8-10-18(15-19)21(23)25-14-7-2/h8,10-11,15,17,20H,3,6-7,9,14H2,1-2,4-5H3. The van der Waals surface area contributed by atoms with Gasteiger partial charge in [0.25, 0.3) is 0 Å². The molecule has 0 fully saturated rings. The Kier molecular flexibility index (Phi) is 9.22. The molecule has 26 heavy (non-hydrogen) atoms. The molecule has 0 saturated carbocycles. The fourth-order valence-electron chi connectivity index (χ4n) is 2.32. The molecule has 0 aromatic heterocycles. The van der Waals surface area contributed by atoms with E-state index in [1.165, 1.54) is 6.07 Å². The Morgan fingerprint density at radius 2 is 1.81 bits per heavy atom. The lowest BCUT2D eigenvalue weighted by Gasteiger charge is -2.19. The molecule has 0 aliphatic rings. The summed E-state index contributed by atoms with van der Waals surface area (Å²) in [4.78, 5) is 24.5. The molecule has 0 aliphatic carbocycles. The first kappa shape index (κ1) is 21.5. The molecule has 4 nitrogen and oxygen atoms in total. The van der Waals surface area contributed by atoms with Gasteiger partial charge in [0.05, 0.1) is 17.7 Å². The third-order valence-corrected chi connectivity index (χ3v) is 3.69. The second-order valence-electron chi connectivity index (χ2n) is 6.36. The highest BCUT2D eigenvalue weighted by Crippen LogP contribution is 2.17. The van der Waals surface area contributed by atoms with Gasteiger partial charge in [-0.05, 0) is 43.5 Å². The minimum Gasteiger partial charge on any atom is -0.462 e. The van der Waals surface area contributed by atoms with Crippen LogP contribution in [-0.4, -0.2) is 24.6 Å². The highest BCUT2D eigenvalue weighted by Gasteiger charge is 2.21. The molecule has 0 heterocycles. The zero-order chi connectivity index (χ0) is 19.5. The molecule has 2 unspecified atom stereocenters. The number of carbonyl (C=O) groups is 2. The summed E-state index contributed by atoms with van der Waals surface area (Å²) in [5.74, 6) is 5.04. The predicted octanol–water partition coefficient (Wildman–Crippen LogP) is 4.79. The molecule has 0 amide bonds. The Bertz CT molecular complexity index is 694. The number of esters is 2. The lowest BCUT2D eigenvalue weighted by molar-refractivity contribution is 0.0305. The van der Waals surface area contributed by atoms with Crippen LogP contribution in [0.25, 0.3) is 0 Å². The van der Waals surface area contributed by atoms with Crippen molar-refractivity contribution >= 4 is 11.9 Å². The molecule has 0 aliphatic heterocycles. The zero-order valence-electron chi connectivity index (χ0n) is 16.1. The van der Waals surface area contributed by atoms with Gasteiger partial charge in [0.15, 0.2) is 6.10 Å². The summed E-state index contributed by atoms with van der Waals surface area (Å²) in [5.41, 5.74) is 1.36. The van der Waals surface area contributed by atoms with E-state index in [2.05, 4.69) is 25.3 Å². The molecule has 0 spiro atoms. The van der Waals surface area contributed by atoms with Crippen molar-refractivity contribution in [1.29, 1.82) is 0 Å². The smallest absolute Gasteiger partial charge is 0.339 e. The number of hydrogen-bond acceptors (Lipinski definition) is 4. The van der Waals surface area contributed by atoms with Gasteiger partial charge >= 0.3 is 11.9 Å². The third kappa shape index (κ3) is 7.14. The fourth-order valence-corrected chi connectivity index (χ4v) is 2.32. The maximum absolute atomic E-state index is 12.5. The van der Waals surface area contributed by atoms with Gasteiger partial charge in [-0.3, -0.25) is 0 Å². The maximum atomic E-state index is 12.5. The monoisotopic (exact) mass is 356 g/mol. The first-order valence-corrected chi connectivity index (χ1v) is 9.04. The van der Waals surface area contributed by atoms with E-state index >= 15 is 0 Å². The van der Waals surface area contributed by atoms with Crippen LogP contribution in [0.1, 0.15) is 67.7 Å².